The molecule has 41 heavy (non-hydrogen) atoms. The predicted molar refractivity (Wildman–Crippen MR) is 163 cm³/mol. The molecule has 1 amide bonds. The van der Waals surface area contributed by atoms with Crippen LogP contribution < -0.4 is 5.32 Å². The molecule has 0 spiro atoms. The molecule has 4 heterocycles. The maximum atomic E-state index is 11.7. The van der Waals surface area contributed by atoms with Crippen LogP contribution >= 0.6 is 0 Å². The molecule has 4 aromatic rings. The molecule has 2 fully saturated rings. The van der Waals surface area contributed by atoms with Crippen molar-refractivity contribution in [2.24, 2.45) is 5.92 Å². The maximum absolute atomic E-state index is 11.7. The molecule has 2 saturated heterocycles. The monoisotopic (exact) mass is 551 g/mol. The molecule has 7 rings (SSSR count). The second kappa shape index (κ2) is 11.7. The van der Waals surface area contributed by atoms with Gasteiger partial charge in [-0.15, -0.1) is 0 Å². The number of piperidine rings is 1. The molecular formula is C34H41N5O2. The SMILES string of the molecule is CC.CCOC1c2c(nc3c(-c4ccc(-c5ccccc5)cc4)cnn3c2C)C2CCN(C[C@H]3CCC(=O)N3)CC21. The van der Waals surface area contributed by atoms with Gasteiger partial charge >= 0.3 is 0 Å². The zero-order chi connectivity index (χ0) is 28.5. The Bertz CT molecular complexity index is 1510. The topological polar surface area (TPSA) is 71.8 Å². The summed E-state index contributed by atoms with van der Waals surface area (Å²) in [5, 5.41) is 7.94. The molecule has 7 heteroatoms. The minimum atomic E-state index is 0.0191. The highest BCUT2D eigenvalue weighted by Crippen LogP contribution is 2.51. The summed E-state index contributed by atoms with van der Waals surface area (Å²) < 4.78 is 8.44. The van der Waals surface area contributed by atoms with Crippen LogP contribution in [0, 0.1) is 12.8 Å². The lowest BCUT2D eigenvalue weighted by Crippen LogP contribution is -2.45. The fourth-order valence-electron chi connectivity index (χ4n) is 7.07. The first-order chi connectivity index (χ1) is 20.1. The van der Waals surface area contributed by atoms with Crippen LogP contribution in [0.5, 0.6) is 0 Å². The number of carbonyl (C=O) groups excluding carboxylic acids is 1. The van der Waals surface area contributed by atoms with Gasteiger partial charge in [0, 0.05) is 60.8 Å². The van der Waals surface area contributed by atoms with Gasteiger partial charge in [0.1, 0.15) is 0 Å². The number of fused-ring (bicyclic) bond motifs is 4. The fourth-order valence-corrected chi connectivity index (χ4v) is 7.07. The van der Waals surface area contributed by atoms with Gasteiger partial charge in [-0.3, -0.25) is 4.79 Å². The molecule has 0 radical (unpaired) electrons. The van der Waals surface area contributed by atoms with Gasteiger partial charge in [0.25, 0.3) is 0 Å². The van der Waals surface area contributed by atoms with E-state index in [4.69, 9.17) is 14.8 Å². The number of benzene rings is 2. The van der Waals surface area contributed by atoms with Gasteiger partial charge in [-0.25, -0.2) is 9.50 Å². The molecular weight excluding hydrogens is 510 g/mol. The number of nitrogens with zero attached hydrogens (tertiary/aromatic N) is 4. The predicted octanol–water partition coefficient (Wildman–Crippen LogP) is 6.17. The molecule has 3 unspecified atom stereocenters. The normalized spacial score (nSPS) is 23.6. The van der Waals surface area contributed by atoms with Gasteiger partial charge in [-0.1, -0.05) is 68.4 Å². The number of aryl methyl sites for hydroxylation is 1. The van der Waals surface area contributed by atoms with Crippen molar-refractivity contribution in [1.82, 2.24) is 24.8 Å². The van der Waals surface area contributed by atoms with E-state index < -0.39 is 0 Å². The van der Waals surface area contributed by atoms with Crippen LogP contribution in [0.2, 0.25) is 0 Å². The summed E-state index contributed by atoms with van der Waals surface area (Å²) in [5.41, 5.74) is 9.07. The lowest BCUT2D eigenvalue weighted by Gasteiger charge is -2.38. The number of ether oxygens (including phenoxy) is 1. The van der Waals surface area contributed by atoms with E-state index in [0.717, 1.165) is 54.9 Å². The van der Waals surface area contributed by atoms with Crippen molar-refractivity contribution < 1.29 is 9.53 Å². The van der Waals surface area contributed by atoms with Gasteiger partial charge in [0.05, 0.1) is 18.0 Å². The van der Waals surface area contributed by atoms with Crippen molar-refractivity contribution in [3.63, 3.8) is 0 Å². The minimum Gasteiger partial charge on any atom is -0.373 e. The molecule has 1 N–H and O–H groups in total. The van der Waals surface area contributed by atoms with Crippen molar-refractivity contribution in [2.45, 2.75) is 65.0 Å². The molecule has 2 aliphatic heterocycles. The molecule has 1 aliphatic carbocycles. The summed E-state index contributed by atoms with van der Waals surface area (Å²) in [7, 11) is 0. The third-order valence-electron chi connectivity index (χ3n) is 8.93. The van der Waals surface area contributed by atoms with Crippen LogP contribution in [0.15, 0.2) is 60.8 Å². The maximum Gasteiger partial charge on any atom is 0.220 e. The van der Waals surface area contributed by atoms with E-state index in [1.807, 2.05) is 30.6 Å². The Morgan fingerprint density at radius 1 is 1.00 bits per heavy atom. The Morgan fingerprint density at radius 3 is 2.44 bits per heavy atom. The first kappa shape index (κ1) is 27.6. The van der Waals surface area contributed by atoms with Crippen LogP contribution in [0.4, 0.5) is 0 Å². The highest BCUT2D eigenvalue weighted by Gasteiger charge is 2.47. The number of hydrogen-bond acceptors (Lipinski definition) is 5. The molecule has 4 atom stereocenters. The zero-order valence-electron chi connectivity index (χ0n) is 24.6. The third kappa shape index (κ3) is 5.06. The Hall–Kier alpha value is -3.55. The van der Waals surface area contributed by atoms with Gasteiger partial charge < -0.3 is 15.0 Å². The Labute approximate surface area is 242 Å². The summed E-state index contributed by atoms with van der Waals surface area (Å²) in [5.74, 6) is 0.916. The summed E-state index contributed by atoms with van der Waals surface area (Å²) in [4.78, 5) is 19.6. The number of aromatic nitrogens is 3. The van der Waals surface area contributed by atoms with Crippen molar-refractivity contribution in [1.29, 1.82) is 0 Å². The van der Waals surface area contributed by atoms with Crippen LogP contribution in [0.25, 0.3) is 27.9 Å². The molecule has 0 bridgehead atoms. The third-order valence-corrected chi connectivity index (χ3v) is 8.93. The van der Waals surface area contributed by atoms with E-state index in [-0.39, 0.29) is 18.1 Å². The van der Waals surface area contributed by atoms with E-state index in [2.05, 4.69) is 72.6 Å². The summed E-state index contributed by atoms with van der Waals surface area (Å²) >= 11 is 0. The van der Waals surface area contributed by atoms with Crippen molar-refractivity contribution >= 4 is 11.6 Å². The van der Waals surface area contributed by atoms with Crippen molar-refractivity contribution in [3.8, 4) is 22.3 Å². The Kier molecular flexibility index (Phi) is 7.91. The number of nitrogens with one attached hydrogen (secondary N) is 1. The smallest absolute Gasteiger partial charge is 0.220 e. The zero-order valence-corrected chi connectivity index (χ0v) is 24.6. The molecule has 2 aromatic carbocycles. The van der Waals surface area contributed by atoms with Gasteiger partial charge in [-0.05, 0) is 49.9 Å². The standard InChI is InChI=1S/C32H35N5O2.C2H6/c1-3-39-31-27-19-36(18-24-13-14-28(38)34-24)16-15-25(27)30-29(31)20(2)37-32(35-30)26(17-33-37)23-11-9-22(10-12-23)21-7-5-4-6-8-21;1-2/h4-12,17,24-25,27,31H,3,13-16,18-19H2,1-2H3,(H,34,38);1-2H3/t24-,25?,27?,31?;/m1./s1. The van der Waals surface area contributed by atoms with Gasteiger partial charge in [-0.2, -0.15) is 5.10 Å². The van der Waals surface area contributed by atoms with Crippen LogP contribution in [-0.4, -0.2) is 57.7 Å². The summed E-state index contributed by atoms with van der Waals surface area (Å²) in [6, 6.07) is 19.4. The fraction of sp³-hybridized carbons (Fsp3) is 0.441. The largest absolute Gasteiger partial charge is 0.373 e. The number of likely N-dealkylation sites (tertiary alicyclic amines) is 1. The van der Waals surface area contributed by atoms with Crippen LogP contribution in [0.1, 0.15) is 69.0 Å². The lowest BCUT2D eigenvalue weighted by molar-refractivity contribution is -0.119. The second-order valence-electron chi connectivity index (χ2n) is 11.2. The highest BCUT2D eigenvalue weighted by molar-refractivity contribution is 5.80. The van der Waals surface area contributed by atoms with E-state index in [1.54, 1.807) is 0 Å². The molecule has 2 aromatic heterocycles. The average Bonchev–Trinajstić information content (AvgIpc) is 3.71. The molecule has 214 valence electrons. The molecule has 3 aliphatic rings. The molecule has 7 nitrogen and oxygen atoms in total. The Balaban J connectivity index is 0.00000148. The number of carbonyl (C=O) groups is 1. The van der Waals surface area contributed by atoms with E-state index in [9.17, 15) is 4.79 Å². The van der Waals surface area contributed by atoms with E-state index in [0.29, 0.717) is 24.9 Å². The second-order valence-corrected chi connectivity index (χ2v) is 11.2. The van der Waals surface area contributed by atoms with Crippen LogP contribution in [-0.2, 0) is 9.53 Å². The van der Waals surface area contributed by atoms with Crippen molar-refractivity contribution in [2.75, 3.05) is 26.2 Å². The summed E-state index contributed by atoms with van der Waals surface area (Å²) in [6.07, 6.45) is 4.61. The average molecular weight is 552 g/mol. The summed E-state index contributed by atoms with van der Waals surface area (Å²) in [6.45, 7) is 11.8. The van der Waals surface area contributed by atoms with Gasteiger partial charge in [0.2, 0.25) is 5.91 Å². The minimum absolute atomic E-state index is 0.0191. The van der Waals surface area contributed by atoms with Gasteiger partial charge in [0.15, 0.2) is 5.65 Å². The highest BCUT2D eigenvalue weighted by atomic mass is 16.5. The lowest BCUT2D eigenvalue weighted by atomic mass is 9.86. The first-order valence-corrected chi connectivity index (χ1v) is 15.3. The van der Waals surface area contributed by atoms with Crippen LogP contribution in [0.3, 0.4) is 0 Å². The molecule has 0 saturated carbocycles. The quantitative estimate of drug-likeness (QED) is 0.310. The van der Waals surface area contributed by atoms with E-state index in [1.165, 1.54) is 22.4 Å². The number of hydrogen-bond donors (Lipinski definition) is 1. The number of rotatable bonds is 6. The van der Waals surface area contributed by atoms with Crippen molar-refractivity contribution in [3.05, 3.63) is 77.7 Å². The van der Waals surface area contributed by atoms with E-state index >= 15 is 0 Å². The first-order valence-electron chi connectivity index (χ1n) is 15.3. The Morgan fingerprint density at radius 2 is 1.73 bits per heavy atom. The number of amides is 1.